The molecule has 2 rings (SSSR count). The van der Waals surface area contributed by atoms with E-state index in [9.17, 15) is 14.9 Å². The lowest BCUT2D eigenvalue weighted by atomic mass is 10.0. The molecule has 1 N–H and O–H groups in total. The zero-order valence-electron chi connectivity index (χ0n) is 10.2. The maximum absolute atomic E-state index is 11.1. The number of carbonyl (C=O) groups is 1. The van der Waals surface area contributed by atoms with Gasteiger partial charge in [-0.1, -0.05) is 11.6 Å². The van der Waals surface area contributed by atoms with E-state index < -0.39 is 16.8 Å². The standard InChI is InChI=1S/C12H13ClN2O4/c1-7-9(12(16)17)4-5-14(7)11-3-2-8(15(18)19)6-10(11)13/h2-3,6-7,9H,4-5H2,1H3,(H,16,17). The Morgan fingerprint density at radius 2 is 2.26 bits per heavy atom. The van der Waals surface area contributed by atoms with Crippen LogP contribution in [0.5, 0.6) is 0 Å². The summed E-state index contributed by atoms with van der Waals surface area (Å²) in [7, 11) is 0. The number of benzene rings is 1. The molecular weight excluding hydrogens is 272 g/mol. The van der Waals surface area contributed by atoms with Gasteiger partial charge in [-0.3, -0.25) is 14.9 Å². The molecule has 6 nitrogen and oxygen atoms in total. The number of carboxylic acid groups (broad SMARTS) is 1. The Bertz CT molecular complexity index is 534. The van der Waals surface area contributed by atoms with E-state index in [1.54, 1.807) is 6.07 Å². The van der Waals surface area contributed by atoms with Gasteiger partial charge in [0.15, 0.2) is 0 Å². The average Bonchev–Trinajstić information content (AvgIpc) is 2.71. The van der Waals surface area contributed by atoms with Gasteiger partial charge in [-0.05, 0) is 19.4 Å². The van der Waals surface area contributed by atoms with Crippen LogP contribution in [0.25, 0.3) is 0 Å². The lowest BCUT2D eigenvalue weighted by Crippen LogP contribution is -2.33. The molecule has 0 spiro atoms. The first-order valence-corrected chi connectivity index (χ1v) is 6.23. The SMILES string of the molecule is CC1C(C(=O)O)CCN1c1ccc([N+](=O)[O-])cc1Cl. The van der Waals surface area contributed by atoms with E-state index >= 15 is 0 Å². The molecule has 19 heavy (non-hydrogen) atoms. The predicted octanol–water partition coefficient (Wildman–Crippen LogP) is 2.55. The Morgan fingerprint density at radius 3 is 2.74 bits per heavy atom. The molecule has 2 atom stereocenters. The Balaban J connectivity index is 2.28. The second-order valence-electron chi connectivity index (χ2n) is 4.56. The molecule has 2 unspecified atom stereocenters. The third-order valence-electron chi connectivity index (χ3n) is 3.52. The average molecular weight is 285 g/mol. The smallest absolute Gasteiger partial charge is 0.308 e. The van der Waals surface area contributed by atoms with Gasteiger partial charge in [0.2, 0.25) is 0 Å². The van der Waals surface area contributed by atoms with Crippen LogP contribution >= 0.6 is 11.6 Å². The van der Waals surface area contributed by atoms with Gasteiger partial charge in [0.1, 0.15) is 0 Å². The molecule has 1 heterocycles. The summed E-state index contributed by atoms with van der Waals surface area (Å²) < 4.78 is 0. The molecular formula is C12H13ClN2O4. The first kappa shape index (κ1) is 13.6. The molecule has 7 heteroatoms. The van der Waals surface area contributed by atoms with Gasteiger partial charge < -0.3 is 10.0 Å². The summed E-state index contributed by atoms with van der Waals surface area (Å²) in [5.74, 6) is -1.26. The van der Waals surface area contributed by atoms with E-state index in [0.717, 1.165) is 0 Å². The minimum atomic E-state index is -0.826. The lowest BCUT2D eigenvalue weighted by molar-refractivity contribution is -0.384. The normalized spacial score (nSPS) is 22.5. The van der Waals surface area contributed by atoms with Gasteiger partial charge in [-0.25, -0.2) is 0 Å². The van der Waals surface area contributed by atoms with Crippen molar-refractivity contribution < 1.29 is 14.8 Å². The van der Waals surface area contributed by atoms with Crippen LogP contribution in [0.1, 0.15) is 13.3 Å². The minimum Gasteiger partial charge on any atom is -0.481 e. The Morgan fingerprint density at radius 1 is 1.58 bits per heavy atom. The number of hydrogen-bond donors (Lipinski definition) is 1. The van der Waals surface area contributed by atoms with Gasteiger partial charge >= 0.3 is 5.97 Å². The van der Waals surface area contributed by atoms with E-state index in [4.69, 9.17) is 16.7 Å². The zero-order valence-corrected chi connectivity index (χ0v) is 11.0. The van der Waals surface area contributed by atoms with E-state index in [1.807, 2.05) is 11.8 Å². The monoisotopic (exact) mass is 284 g/mol. The van der Waals surface area contributed by atoms with Gasteiger partial charge in [-0.15, -0.1) is 0 Å². The van der Waals surface area contributed by atoms with Crippen molar-refractivity contribution in [3.05, 3.63) is 33.3 Å². The van der Waals surface area contributed by atoms with Gasteiger partial charge in [0.25, 0.3) is 5.69 Å². The van der Waals surface area contributed by atoms with Crippen LogP contribution in [0.3, 0.4) is 0 Å². The molecule has 0 amide bonds. The van der Waals surface area contributed by atoms with E-state index in [0.29, 0.717) is 18.7 Å². The molecule has 0 saturated carbocycles. The van der Waals surface area contributed by atoms with Crippen molar-refractivity contribution in [1.29, 1.82) is 0 Å². The molecule has 0 aliphatic carbocycles. The molecule has 1 saturated heterocycles. The summed E-state index contributed by atoms with van der Waals surface area (Å²) in [6.07, 6.45) is 0.545. The van der Waals surface area contributed by atoms with Crippen molar-refractivity contribution in [2.24, 2.45) is 5.92 Å². The number of hydrogen-bond acceptors (Lipinski definition) is 4. The highest BCUT2D eigenvalue weighted by Gasteiger charge is 2.36. The quantitative estimate of drug-likeness (QED) is 0.681. The van der Waals surface area contributed by atoms with Crippen LogP contribution in [-0.4, -0.2) is 28.6 Å². The number of carboxylic acids is 1. The molecule has 1 aromatic carbocycles. The van der Waals surface area contributed by atoms with Crippen LogP contribution < -0.4 is 4.90 Å². The number of rotatable bonds is 3. The summed E-state index contributed by atoms with van der Waals surface area (Å²) >= 11 is 6.05. The van der Waals surface area contributed by atoms with Crippen molar-refractivity contribution in [3.8, 4) is 0 Å². The summed E-state index contributed by atoms with van der Waals surface area (Å²) in [6.45, 7) is 2.40. The maximum atomic E-state index is 11.1. The van der Waals surface area contributed by atoms with E-state index in [2.05, 4.69) is 0 Å². The first-order valence-electron chi connectivity index (χ1n) is 5.85. The van der Waals surface area contributed by atoms with Crippen LogP contribution in [0.15, 0.2) is 18.2 Å². The number of nitro benzene ring substituents is 1. The number of nitro groups is 1. The molecule has 1 aliphatic rings. The van der Waals surface area contributed by atoms with Gasteiger partial charge in [-0.2, -0.15) is 0 Å². The molecule has 0 bridgehead atoms. The lowest BCUT2D eigenvalue weighted by Gasteiger charge is -2.26. The van der Waals surface area contributed by atoms with Crippen molar-refractivity contribution in [3.63, 3.8) is 0 Å². The molecule has 1 aliphatic heterocycles. The van der Waals surface area contributed by atoms with E-state index in [1.165, 1.54) is 12.1 Å². The Kier molecular flexibility index (Phi) is 3.61. The van der Waals surface area contributed by atoms with Crippen molar-refractivity contribution in [1.82, 2.24) is 0 Å². The Labute approximate surface area is 114 Å². The highest BCUT2D eigenvalue weighted by atomic mass is 35.5. The number of nitrogens with zero attached hydrogens (tertiary/aromatic N) is 2. The molecule has 1 fully saturated rings. The van der Waals surface area contributed by atoms with E-state index in [-0.39, 0.29) is 16.8 Å². The largest absolute Gasteiger partial charge is 0.481 e. The number of non-ortho nitro benzene ring substituents is 1. The third-order valence-corrected chi connectivity index (χ3v) is 3.83. The zero-order chi connectivity index (χ0) is 14.2. The summed E-state index contributed by atoms with van der Waals surface area (Å²) in [5, 5.41) is 20.0. The number of halogens is 1. The fraction of sp³-hybridized carbons (Fsp3) is 0.417. The second kappa shape index (κ2) is 5.05. The fourth-order valence-electron chi connectivity index (χ4n) is 2.45. The van der Waals surface area contributed by atoms with Crippen molar-refractivity contribution >= 4 is 28.9 Å². The third kappa shape index (κ3) is 2.49. The second-order valence-corrected chi connectivity index (χ2v) is 4.97. The minimum absolute atomic E-state index is 0.0737. The molecule has 1 aromatic rings. The van der Waals surface area contributed by atoms with Crippen LogP contribution in [0, 0.1) is 16.0 Å². The fourth-order valence-corrected chi connectivity index (χ4v) is 2.74. The van der Waals surface area contributed by atoms with Crippen LogP contribution in [0.2, 0.25) is 5.02 Å². The molecule has 0 aromatic heterocycles. The highest BCUT2D eigenvalue weighted by molar-refractivity contribution is 6.33. The predicted molar refractivity (Wildman–Crippen MR) is 70.7 cm³/mol. The summed E-state index contributed by atoms with van der Waals surface area (Å²) in [4.78, 5) is 23.1. The van der Waals surface area contributed by atoms with Gasteiger partial charge in [0, 0.05) is 24.7 Å². The summed E-state index contributed by atoms with van der Waals surface area (Å²) in [6, 6.07) is 4.05. The Hall–Kier alpha value is -1.82. The van der Waals surface area contributed by atoms with Gasteiger partial charge in [0.05, 0.1) is 21.6 Å². The molecule has 0 radical (unpaired) electrons. The van der Waals surface area contributed by atoms with Crippen LogP contribution in [0.4, 0.5) is 11.4 Å². The number of aliphatic carboxylic acids is 1. The van der Waals surface area contributed by atoms with Crippen molar-refractivity contribution in [2.45, 2.75) is 19.4 Å². The summed E-state index contributed by atoms with van der Waals surface area (Å²) in [5.41, 5.74) is 0.568. The maximum Gasteiger partial charge on any atom is 0.308 e. The van der Waals surface area contributed by atoms with Crippen molar-refractivity contribution in [2.75, 3.05) is 11.4 Å². The van der Waals surface area contributed by atoms with Crippen LogP contribution in [-0.2, 0) is 4.79 Å². The first-order chi connectivity index (χ1) is 8.91. The molecule has 102 valence electrons. The topological polar surface area (TPSA) is 83.7 Å². The highest BCUT2D eigenvalue weighted by Crippen LogP contribution is 2.36. The number of anilines is 1.